The number of carboxylic acids is 1. The Kier molecular flexibility index (Phi) is 3.05. The second-order valence-electron chi connectivity index (χ2n) is 5.25. The molecule has 1 aromatic carbocycles. The van der Waals surface area contributed by atoms with Crippen molar-refractivity contribution in [2.75, 3.05) is 0 Å². The Balaban J connectivity index is 1.95. The van der Waals surface area contributed by atoms with Crippen LogP contribution in [0.3, 0.4) is 0 Å². The van der Waals surface area contributed by atoms with Gasteiger partial charge in [-0.3, -0.25) is 20.0 Å². The zero-order chi connectivity index (χ0) is 15.9. The molecule has 1 heterocycles. The highest BCUT2D eigenvalue weighted by molar-refractivity contribution is 6.06. The van der Waals surface area contributed by atoms with Crippen LogP contribution in [0, 0.1) is 10.1 Å². The number of aromatic nitrogens is 2. The molecule has 1 saturated carbocycles. The van der Waals surface area contributed by atoms with Crippen molar-refractivity contribution in [3.05, 3.63) is 34.0 Å². The van der Waals surface area contributed by atoms with E-state index in [2.05, 4.69) is 15.5 Å². The van der Waals surface area contributed by atoms with Crippen LogP contribution < -0.4 is 5.32 Å². The van der Waals surface area contributed by atoms with Crippen LogP contribution in [0.1, 0.15) is 29.8 Å². The lowest BCUT2D eigenvalue weighted by Gasteiger charge is -2.37. The number of nitrogens with zero attached hydrogens (tertiary/aromatic N) is 2. The standard InChI is InChI=1S/C13H12N4O5/c18-11(14-13(12(19)20)4-1-5-13)10-8-6-7(17(21)22)2-3-9(8)15-16-10/h2-3,6H,1,4-5H2,(H,14,18)(H,15,16)(H,19,20). The second-order valence-corrected chi connectivity index (χ2v) is 5.25. The maximum Gasteiger partial charge on any atom is 0.329 e. The summed E-state index contributed by atoms with van der Waals surface area (Å²) in [7, 11) is 0. The lowest BCUT2D eigenvalue weighted by atomic mass is 9.76. The van der Waals surface area contributed by atoms with Gasteiger partial charge in [-0.05, 0) is 25.3 Å². The van der Waals surface area contributed by atoms with Gasteiger partial charge >= 0.3 is 5.97 Å². The average Bonchev–Trinajstić information content (AvgIpc) is 2.85. The molecular weight excluding hydrogens is 292 g/mol. The SMILES string of the molecule is O=C(NC1(C(=O)O)CCC1)c1n[nH]c2ccc([N+](=O)[O-])cc12. The molecule has 0 atom stereocenters. The molecule has 0 unspecified atom stereocenters. The van der Waals surface area contributed by atoms with E-state index in [1.807, 2.05) is 0 Å². The normalized spacial score (nSPS) is 16.0. The molecule has 9 nitrogen and oxygen atoms in total. The van der Waals surface area contributed by atoms with Gasteiger partial charge in [-0.2, -0.15) is 5.10 Å². The van der Waals surface area contributed by atoms with Crippen molar-refractivity contribution in [3.63, 3.8) is 0 Å². The molecule has 3 N–H and O–H groups in total. The van der Waals surface area contributed by atoms with Gasteiger partial charge in [0.2, 0.25) is 0 Å². The third kappa shape index (κ3) is 2.07. The van der Waals surface area contributed by atoms with Crippen LogP contribution in [0.5, 0.6) is 0 Å². The van der Waals surface area contributed by atoms with Crippen LogP contribution in [0.25, 0.3) is 10.9 Å². The van der Waals surface area contributed by atoms with E-state index < -0.39 is 22.3 Å². The molecule has 114 valence electrons. The monoisotopic (exact) mass is 304 g/mol. The molecule has 1 aromatic heterocycles. The number of H-pyrrole nitrogens is 1. The number of fused-ring (bicyclic) bond motifs is 1. The fraction of sp³-hybridized carbons (Fsp3) is 0.308. The number of amides is 1. The first-order valence-corrected chi connectivity index (χ1v) is 6.61. The van der Waals surface area contributed by atoms with Crippen molar-refractivity contribution in [1.29, 1.82) is 0 Å². The number of rotatable bonds is 4. The largest absolute Gasteiger partial charge is 0.480 e. The topological polar surface area (TPSA) is 138 Å². The van der Waals surface area contributed by atoms with E-state index in [9.17, 15) is 24.8 Å². The van der Waals surface area contributed by atoms with Crippen molar-refractivity contribution in [3.8, 4) is 0 Å². The second kappa shape index (κ2) is 4.79. The molecular formula is C13H12N4O5. The Bertz CT molecular complexity index is 793. The van der Waals surface area contributed by atoms with Crippen LogP contribution in [-0.4, -0.2) is 37.6 Å². The number of hydrogen-bond acceptors (Lipinski definition) is 5. The van der Waals surface area contributed by atoms with Gasteiger partial charge in [-0.15, -0.1) is 0 Å². The first kappa shape index (κ1) is 14.0. The van der Waals surface area contributed by atoms with Crippen molar-refractivity contribution < 1.29 is 19.6 Å². The number of aromatic amines is 1. The quantitative estimate of drug-likeness (QED) is 0.573. The van der Waals surface area contributed by atoms with E-state index in [1.165, 1.54) is 18.2 Å². The predicted molar refractivity (Wildman–Crippen MR) is 74.4 cm³/mol. The maximum atomic E-state index is 12.3. The number of nitro groups is 1. The summed E-state index contributed by atoms with van der Waals surface area (Å²) in [5, 5.41) is 29.3. The molecule has 0 bridgehead atoms. The molecule has 22 heavy (non-hydrogen) atoms. The molecule has 9 heteroatoms. The van der Waals surface area contributed by atoms with E-state index >= 15 is 0 Å². The zero-order valence-electron chi connectivity index (χ0n) is 11.3. The first-order valence-electron chi connectivity index (χ1n) is 6.61. The molecule has 3 rings (SSSR count). The predicted octanol–water partition coefficient (Wildman–Crippen LogP) is 1.21. The minimum atomic E-state index is -1.26. The number of carbonyl (C=O) groups excluding carboxylic acids is 1. The van der Waals surface area contributed by atoms with E-state index in [0.717, 1.165) is 6.42 Å². The number of carboxylic acid groups (broad SMARTS) is 1. The van der Waals surface area contributed by atoms with Crippen LogP contribution >= 0.6 is 0 Å². The third-order valence-corrected chi connectivity index (χ3v) is 3.94. The summed E-state index contributed by atoms with van der Waals surface area (Å²) in [6, 6.07) is 3.99. The summed E-state index contributed by atoms with van der Waals surface area (Å²) in [6.07, 6.45) is 1.44. The van der Waals surface area contributed by atoms with Crippen LogP contribution in [0.4, 0.5) is 5.69 Å². The highest BCUT2D eigenvalue weighted by Crippen LogP contribution is 2.32. The Hall–Kier alpha value is -2.97. The highest BCUT2D eigenvalue weighted by atomic mass is 16.6. The number of non-ortho nitro benzene ring substituents is 1. The smallest absolute Gasteiger partial charge is 0.329 e. The molecule has 2 aromatic rings. The molecule has 1 aliphatic rings. The summed E-state index contributed by atoms with van der Waals surface area (Å²) >= 11 is 0. The number of nitro benzene ring substituents is 1. The number of carbonyl (C=O) groups is 2. The number of nitrogens with one attached hydrogen (secondary N) is 2. The van der Waals surface area contributed by atoms with E-state index in [1.54, 1.807) is 0 Å². The maximum absolute atomic E-state index is 12.3. The van der Waals surface area contributed by atoms with E-state index in [0.29, 0.717) is 18.4 Å². The molecule has 1 amide bonds. The van der Waals surface area contributed by atoms with Gasteiger partial charge in [-0.25, -0.2) is 4.79 Å². The van der Waals surface area contributed by atoms with Crippen molar-refractivity contribution in [2.45, 2.75) is 24.8 Å². The van der Waals surface area contributed by atoms with Gasteiger partial charge in [0.25, 0.3) is 11.6 Å². The van der Waals surface area contributed by atoms with E-state index in [-0.39, 0.29) is 16.8 Å². The lowest BCUT2D eigenvalue weighted by Crippen LogP contribution is -2.59. The van der Waals surface area contributed by atoms with Crippen LogP contribution in [0.2, 0.25) is 0 Å². The summed E-state index contributed by atoms with van der Waals surface area (Å²) in [5.74, 6) is -1.74. The molecule has 1 fully saturated rings. The van der Waals surface area contributed by atoms with Crippen LogP contribution in [-0.2, 0) is 4.79 Å². The van der Waals surface area contributed by atoms with Gasteiger partial charge < -0.3 is 10.4 Å². The van der Waals surface area contributed by atoms with Gasteiger partial charge in [0, 0.05) is 17.5 Å². The molecule has 0 radical (unpaired) electrons. The third-order valence-electron chi connectivity index (χ3n) is 3.94. The van der Waals surface area contributed by atoms with Gasteiger partial charge in [0.15, 0.2) is 5.69 Å². The Morgan fingerprint density at radius 2 is 2.14 bits per heavy atom. The van der Waals surface area contributed by atoms with Crippen molar-refractivity contribution >= 4 is 28.5 Å². The fourth-order valence-corrected chi connectivity index (χ4v) is 2.49. The first-order chi connectivity index (χ1) is 10.4. The van der Waals surface area contributed by atoms with Gasteiger partial charge in [0.1, 0.15) is 5.54 Å². The number of benzene rings is 1. The molecule has 0 saturated heterocycles. The number of aliphatic carboxylic acids is 1. The zero-order valence-corrected chi connectivity index (χ0v) is 11.3. The Morgan fingerprint density at radius 3 is 2.68 bits per heavy atom. The Morgan fingerprint density at radius 1 is 1.41 bits per heavy atom. The summed E-state index contributed by atoms with van der Waals surface area (Å²) in [5.41, 5.74) is -1.01. The summed E-state index contributed by atoms with van der Waals surface area (Å²) < 4.78 is 0. The minimum absolute atomic E-state index is 0.0498. The molecule has 0 spiro atoms. The summed E-state index contributed by atoms with van der Waals surface area (Å²) in [4.78, 5) is 33.8. The Labute approximate surface area is 123 Å². The highest BCUT2D eigenvalue weighted by Gasteiger charge is 2.46. The molecule has 0 aliphatic heterocycles. The summed E-state index contributed by atoms with van der Waals surface area (Å²) in [6.45, 7) is 0. The van der Waals surface area contributed by atoms with Crippen LogP contribution in [0.15, 0.2) is 18.2 Å². The average molecular weight is 304 g/mol. The van der Waals surface area contributed by atoms with Crippen molar-refractivity contribution in [2.24, 2.45) is 0 Å². The minimum Gasteiger partial charge on any atom is -0.480 e. The van der Waals surface area contributed by atoms with Gasteiger partial charge in [0.05, 0.1) is 10.4 Å². The lowest BCUT2D eigenvalue weighted by molar-refractivity contribution is -0.384. The van der Waals surface area contributed by atoms with Gasteiger partial charge in [-0.1, -0.05) is 0 Å². The fourth-order valence-electron chi connectivity index (χ4n) is 2.49. The number of hydrogen-bond donors (Lipinski definition) is 3. The molecule has 1 aliphatic carbocycles. The van der Waals surface area contributed by atoms with Crippen molar-refractivity contribution in [1.82, 2.24) is 15.5 Å². The van der Waals surface area contributed by atoms with E-state index in [4.69, 9.17) is 0 Å².